The summed E-state index contributed by atoms with van der Waals surface area (Å²) in [5.74, 6) is 0.916. The van der Waals surface area contributed by atoms with E-state index in [4.69, 9.17) is 9.47 Å². The molecular weight excluding hydrogens is 260 g/mol. The largest absolute Gasteiger partial charge is 0.478 e. The van der Waals surface area contributed by atoms with E-state index in [9.17, 15) is 4.79 Å². The fraction of sp³-hybridized carbons (Fsp3) is 0.615. The Labute approximate surface area is 118 Å². The number of anilines is 1. The standard InChI is InChI=1S/C13H20N4O3/c1-3-20-11-4-5-14-13(16-11)15-10(2)12(18)17-6-8-19-9-7-17/h4-5,10H,3,6-9H2,1-2H3,(H,14,15,16). The van der Waals surface area contributed by atoms with Gasteiger partial charge in [0.2, 0.25) is 17.7 Å². The molecule has 0 spiro atoms. The third-order valence-corrected chi connectivity index (χ3v) is 2.96. The highest BCUT2D eigenvalue weighted by Crippen LogP contribution is 2.10. The van der Waals surface area contributed by atoms with Crippen molar-refractivity contribution in [1.82, 2.24) is 14.9 Å². The fourth-order valence-electron chi connectivity index (χ4n) is 1.95. The van der Waals surface area contributed by atoms with Gasteiger partial charge in [-0.05, 0) is 13.8 Å². The van der Waals surface area contributed by atoms with Gasteiger partial charge in [0.25, 0.3) is 0 Å². The van der Waals surface area contributed by atoms with Crippen LogP contribution in [-0.4, -0.2) is 59.7 Å². The number of ether oxygens (including phenoxy) is 2. The van der Waals surface area contributed by atoms with Gasteiger partial charge in [0.05, 0.1) is 19.8 Å². The van der Waals surface area contributed by atoms with E-state index in [0.717, 1.165) is 0 Å². The second kappa shape index (κ2) is 7.04. The van der Waals surface area contributed by atoms with Gasteiger partial charge in [-0.1, -0.05) is 0 Å². The Hall–Kier alpha value is -1.89. The number of carbonyl (C=O) groups excluding carboxylic acids is 1. The normalized spacial score (nSPS) is 16.6. The summed E-state index contributed by atoms with van der Waals surface area (Å²) in [5, 5.41) is 3.00. The Morgan fingerprint density at radius 1 is 1.55 bits per heavy atom. The van der Waals surface area contributed by atoms with Crippen molar-refractivity contribution in [3.05, 3.63) is 12.3 Å². The van der Waals surface area contributed by atoms with Crippen LogP contribution in [0.3, 0.4) is 0 Å². The summed E-state index contributed by atoms with van der Waals surface area (Å²) in [5.41, 5.74) is 0. The summed E-state index contributed by atoms with van der Waals surface area (Å²) in [6, 6.07) is 1.30. The maximum Gasteiger partial charge on any atom is 0.245 e. The van der Waals surface area contributed by atoms with E-state index >= 15 is 0 Å². The van der Waals surface area contributed by atoms with Gasteiger partial charge in [-0.15, -0.1) is 0 Å². The molecule has 1 saturated heterocycles. The highest BCUT2D eigenvalue weighted by Gasteiger charge is 2.22. The summed E-state index contributed by atoms with van der Waals surface area (Å²) < 4.78 is 10.5. The molecule has 0 bridgehead atoms. The highest BCUT2D eigenvalue weighted by atomic mass is 16.5. The van der Waals surface area contributed by atoms with Crippen LogP contribution in [0.15, 0.2) is 12.3 Å². The van der Waals surface area contributed by atoms with Crippen LogP contribution in [0.5, 0.6) is 5.88 Å². The van der Waals surface area contributed by atoms with Crippen LogP contribution in [0, 0.1) is 0 Å². The van der Waals surface area contributed by atoms with Gasteiger partial charge in [-0.25, -0.2) is 4.98 Å². The Morgan fingerprint density at radius 2 is 2.30 bits per heavy atom. The van der Waals surface area contributed by atoms with E-state index in [1.807, 2.05) is 6.92 Å². The molecule has 1 atom stereocenters. The Morgan fingerprint density at radius 3 is 3.00 bits per heavy atom. The second-order valence-corrected chi connectivity index (χ2v) is 4.46. The van der Waals surface area contributed by atoms with Crippen LogP contribution < -0.4 is 10.1 Å². The number of nitrogens with one attached hydrogen (secondary N) is 1. The molecule has 1 aliphatic rings. The molecule has 1 amide bonds. The van der Waals surface area contributed by atoms with Gasteiger partial charge in [0, 0.05) is 25.4 Å². The lowest BCUT2D eigenvalue weighted by molar-refractivity contribution is -0.135. The molecule has 7 heteroatoms. The van der Waals surface area contributed by atoms with Crippen LogP contribution in [0.25, 0.3) is 0 Å². The molecule has 1 aliphatic heterocycles. The van der Waals surface area contributed by atoms with E-state index in [0.29, 0.717) is 44.7 Å². The fourth-order valence-corrected chi connectivity index (χ4v) is 1.95. The average molecular weight is 280 g/mol. The number of hydrogen-bond donors (Lipinski definition) is 1. The number of nitrogens with zero attached hydrogens (tertiary/aromatic N) is 3. The molecule has 2 rings (SSSR count). The first-order valence-electron chi connectivity index (χ1n) is 6.79. The first kappa shape index (κ1) is 14.5. The summed E-state index contributed by atoms with van der Waals surface area (Å²) >= 11 is 0. The monoisotopic (exact) mass is 280 g/mol. The first-order chi connectivity index (χ1) is 9.70. The molecule has 7 nitrogen and oxygen atoms in total. The minimum Gasteiger partial charge on any atom is -0.478 e. The van der Waals surface area contributed by atoms with Crippen molar-refractivity contribution in [2.45, 2.75) is 19.9 Å². The maximum absolute atomic E-state index is 12.2. The van der Waals surface area contributed by atoms with Gasteiger partial charge in [-0.3, -0.25) is 4.79 Å². The maximum atomic E-state index is 12.2. The minimum atomic E-state index is -0.384. The Balaban J connectivity index is 1.94. The predicted octanol–water partition coefficient (Wildman–Crippen LogP) is 0.534. The molecule has 20 heavy (non-hydrogen) atoms. The van der Waals surface area contributed by atoms with Crippen LogP contribution in [0.4, 0.5) is 5.95 Å². The van der Waals surface area contributed by atoms with Gasteiger partial charge < -0.3 is 19.7 Å². The summed E-state index contributed by atoms with van der Waals surface area (Å²) in [6.07, 6.45) is 1.60. The molecule has 0 aromatic carbocycles. The molecule has 1 aromatic rings. The van der Waals surface area contributed by atoms with Gasteiger partial charge in [0.15, 0.2) is 0 Å². The molecule has 0 aliphatic carbocycles. The van der Waals surface area contributed by atoms with Crippen LogP contribution in [0.1, 0.15) is 13.8 Å². The topological polar surface area (TPSA) is 76.6 Å². The number of morpholine rings is 1. The van der Waals surface area contributed by atoms with E-state index in [-0.39, 0.29) is 11.9 Å². The minimum absolute atomic E-state index is 0.0266. The van der Waals surface area contributed by atoms with Crippen molar-refractivity contribution in [2.24, 2.45) is 0 Å². The number of hydrogen-bond acceptors (Lipinski definition) is 6. The van der Waals surface area contributed by atoms with E-state index in [2.05, 4.69) is 15.3 Å². The molecule has 1 fully saturated rings. The second-order valence-electron chi connectivity index (χ2n) is 4.46. The lowest BCUT2D eigenvalue weighted by atomic mass is 10.2. The number of amides is 1. The molecule has 1 aromatic heterocycles. The highest BCUT2D eigenvalue weighted by molar-refractivity contribution is 5.83. The Kier molecular flexibility index (Phi) is 5.11. The van der Waals surface area contributed by atoms with E-state index < -0.39 is 0 Å². The number of carbonyl (C=O) groups is 1. The molecule has 0 saturated carbocycles. The number of rotatable bonds is 5. The lowest BCUT2D eigenvalue weighted by Gasteiger charge is -2.29. The molecule has 0 radical (unpaired) electrons. The Bertz CT molecular complexity index is 449. The molecule has 1 N–H and O–H groups in total. The SMILES string of the molecule is CCOc1ccnc(NC(C)C(=O)N2CCOCC2)n1. The lowest BCUT2D eigenvalue weighted by Crippen LogP contribution is -2.47. The quantitative estimate of drug-likeness (QED) is 0.848. The number of aromatic nitrogens is 2. The molecule has 1 unspecified atom stereocenters. The van der Waals surface area contributed by atoms with Crippen molar-refractivity contribution in [2.75, 3.05) is 38.2 Å². The first-order valence-corrected chi connectivity index (χ1v) is 6.79. The van der Waals surface area contributed by atoms with Gasteiger partial charge in [-0.2, -0.15) is 4.98 Å². The van der Waals surface area contributed by atoms with Crippen LogP contribution in [-0.2, 0) is 9.53 Å². The average Bonchev–Trinajstić information content (AvgIpc) is 2.48. The third-order valence-electron chi connectivity index (χ3n) is 2.96. The van der Waals surface area contributed by atoms with Crippen molar-refractivity contribution in [3.8, 4) is 5.88 Å². The van der Waals surface area contributed by atoms with Crippen molar-refractivity contribution in [1.29, 1.82) is 0 Å². The van der Waals surface area contributed by atoms with Crippen molar-refractivity contribution in [3.63, 3.8) is 0 Å². The third kappa shape index (κ3) is 3.80. The molecule has 2 heterocycles. The summed E-state index contributed by atoms with van der Waals surface area (Å²) in [6.45, 7) is 6.67. The van der Waals surface area contributed by atoms with Crippen LogP contribution in [0.2, 0.25) is 0 Å². The molecule has 110 valence electrons. The van der Waals surface area contributed by atoms with Gasteiger partial charge in [0.1, 0.15) is 6.04 Å². The van der Waals surface area contributed by atoms with Gasteiger partial charge >= 0.3 is 0 Å². The smallest absolute Gasteiger partial charge is 0.245 e. The summed E-state index contributed by atoms with van der Waals surface area (Å²) in [4.78, 5) is 22.3. The van der Waals surface area contributed by atoms with E-state index in [1.54, 1.807) is 24.1 Å². The van der Waals surface area contributed by atoms with Crippen molar-refractivity contribution >= 4 is 11.9 Å². The van der Waals surface area contributed by atoms with E-state index in [1.165, 1.54) is 0 Å². The molecular formula is C13H20N4O3. The van der Waals surface area contributed by atoms with Crippen LogP contribution >= 0.6 is 0 Å². The zero-order valence-electron chi connectivity index (χ0n) is 11.8. The zero-order valence-corrected chi connectivity index (χ0v) is 11.8. The predicted molar refractivity (Wildman–Crippen MR) is 73.7 cm³/mol. The van der Waals surface area contributed by atoms with Crippen molar-refractivity contribution < 1.29 is 14.3 Å². The summed E-state index contributed by atoms with van der Waals surface area (Å²) in [7, 11) is 0. The zero-order chi connectivity index (χ0) is 14.4.